The molecular weight excluding hydrogens is 468 g/mol. The molecule has 0 unspecified atom stereocenters. The molecule has 0 spiro atoms. The Morgan fingerprint density at radius 3 is 2.59 bits per heavy atom. The predicted octanol–water partition coefficient (Wildman–Crippen LogP) is 6.83. The van der Waals surface area contributed by atoms with E-state index in [1.165, 1.54) is 17.3 Å². The van der Waals surface area contributed by atoms with Crippen LogP contribution in [0.4, 0.5) is 5.69 Å². The molecule has 1 aliphatic rings. The van der Waals surface area contributed by atoms with E-state index in [1.807, 2.05) is 56.3 Å². The number of benzene rings is 3. The molecule has 0 radical (unpaired) electrons. The van der Waals surface area contributed by atoms with Gasteiger partial charge in [-0.15, -0.1) is 0 Å². The fraction of sp³-hybridized carbons (Fsp3) is 0.185. The Hall–Kier alpha value is -3.22. The second kappa shape index (κ2) is 10.8. The Labute approximate surface area is 208 Å². The first kappa shape index (κ1) is 23.9. The van der Waals surface area contributed by atoms with Gasteiger partial charge in [0.1, 0.15) is 6.61 Å². The molecule has 1 fully saturated rings. The number of nitrogens with zero attached hydrogens (tertiary/aromatic N) is 1. The molecule has 0 aliphatic carbocycles. The van der Waals surface area contributed by atoms with Gasteiger partial charge in [0.2, 0.25) is 0 Å². The minimum atomic E-state index is -0.193. The van der Waals surface area contributed by atoms with Gasteiger partial charge in [-0.1, -0.05) is 53.6 Å². The summed E-state index contributed by atoms with van der Waals surface area (Å²) in [5.74, 6) is 1.10. The van der Waals surface area contributed by atoms with Gasteiger partial charge in [0.15, 0.2) is 16.7 Å². The lowest BCUT2D eigenvalue weighted by Gasteiger charge is -2.13. The molecule has 3 aromatic rings. The molecule has 0 atom stereocenters. The highest BCUT2D eigenvalue weighted by Gasteiger charge is 2.24. The van der Waals surface area contributed by atoms with Crippen LogP contribution in [-0.2, 0) is 11.4 Å². The average Bonchev–Trinajstić information content (AvgIpc) is 3.16. The molecule has 3 aromatic carbocycles. The van der Waals surface area contributed by atoms with E-state index in [1.54, 1.807) is 0 Å². The molecule has 5 nitrogen and oxygen atoms in total. The van der Waals surface area contributed by atoms with E-state index in [0.717, 1.165) is 22.4 Å². The van der Waals surface area contributed by atoms with Gasteiger partial charge in [0.25, 0.3) is 5.91 Å². The van der Waals surface area contributed by atoms with Gasteiger partial charge in [-0.2, -0.15) is 0 Å². The number of aliphatic imine (C=N–C) groups is 1. The summed E-state index contributed by atoms with van der Waals surface area (Å²) in [6.07, 6.45) is 1.82. The van der Waals surface area contributed by atoms with Crippen LogP contribution in [0.2, 0.25) is 5.02 Å². The van der Waals surface area contributed by atoms with Crippen LogP contribution in [0, 0.1) is 13.8 Å². The molecule has 1 aliphatic heterocycles. The Bertz CT molecular complexity index is 1270. The zero-order valence-corrected chi connectivity index (χ0v) is 20.8. The van der Waals surface area contributed by atoms with E-state index in [-0.39, 0.29) is 5.91 Å². The van der Waals surface area contributed by atoms with Gasteiger partial charge in [0, 0.05) is 5.02 Å². The maximum Gasteiger partial charge on any atom is 0.264 e. The van der Waals surface area contributed by atoms with E-state index >= 15 is 0 Å². The normalized spacial score (nSPS) is 15.6. The molecule has 1 amide bonds. The molecule has 0 bridgehead atoms. The number of thioether (sulfide) groups is 1. The number of hydrogen-bond acceptors (Lipinski definition) is 5. The number of aryl methyl sites for hydroxylation is 1. The van der Waals surface area contributed by atoms with Gasteiger partial charge in [0.05, 0.1) is 17.2 Å². The smallest absolute Gasteiger partial charge is 0.264 e. The Morgan fingerprint density at radius 2 is 1.82 bits per heavy atom. The van der Waals surface area contributed by atoms with Crippen LogP contribution in [0.1, 0.15) is 29.2 Å². The third kappa shape index (κ3) is 5.82. The lowest BCUT2D eigenvalue weighted by molar-refractivity contribution is -0.115. The number of carbonyl (C=O) groups excluding carboxylic acids is 1. The summed E-state index contributed by atoms with van der Waals surface area (Å²) in [6.45, 7) is 6.84. The molecule has 7 heteroatoms. The second-order valence-electron chi connectivity index (χ2n) is 7.78. The van der Waals surface area contributed by atoms with Gasteiger partial charge in [-0.3, -0.25) is 4.79 Å². The molecule has 1 N–H and O–H groups in total. The number of hydrogen-bond donors (Lipinski definition) is 1. The summed E-state index contributed by atoms with van der Waals surface area (Å²) >= 11 is 7.47. The molecule has 1 heterocycles. The van der Waals surface area contributed by atoms with Crippen LogP contribution in [0.3, 0.4) is 0 Å². The molecule has 174 valence electrons. The minimum Gasteiger partial charge on any atom is -0.490 e. The van der Waals surface area contributed by atoms with E-state index in [2.05, 4.69) is 41.5 Å². The molecule has 4 rings (SSSR count). The Morgan fingerprint density at radius 1 is 1.03 bits per heavy atom. The number of carbonyl (C=O) groups is 1. The highest BCUT2D eigenvalue weighted by molar-refractivity contribution is 8.18. The number of halogens is 1. The van der Waals surface area contributed by atoms with Crippen LogP contribution in [0.5, 0.6) is 11.5 Å². The summed E-state index contributed by atoms with van der Waals surface area (Å²) in [7, 11) is 0. The van der Waals surface area contributed by atoms with Gasteiger partial charge < -0.3 is 14.8 Å². The number of amides is 1. The van der Waals surface area contributed by atoms with Crippen molar-refractivity contribution in [1.29, 1.82) is 0 Å². The minimum absolute atomic E-state index is 0.193. The number of amidine groups is 1. The molecule has 34 heavy (non-hydrogen) atoms. The molecular formula is C27H25ClN2O3S. The van der Waals surface area contributed by atoms with Crippen molar-refractivity contribution in [2.24, 2.45) is 4.99 Å². The van der Waals surface area contributed by atoms with E-state index in [9.17, 15) is 4.79 Å². The Balaban J connectivity index is 1.52. The van der Waals surface area contributed by atoms with E-state index in [0.29, 0.717) is 39.8 Å². The standard InChI is InChI=1S/C27H25ClN2O3S/c1-4-32-24-14-20(12-13-23(24)33-16-19-10-8-17(2)9-11-19)15-25-26(31)30-27(34-25)29-22-7-5-6-21(28)18(22)3/h5-15H,4,16H2,1-3H3,(H,29,30,31)/b25-15+. The third-order valence-electron chi connectivity index (χ3n) is 5.19. The zero-order valence-electron chi connectivity index (χ0n) is 19.2. The summed E-state index contributed by atoms with van der Waals surface area (Å²) in [5.41, 5.74) is 4.72. The van der Waals surface area contributed by atoms with Crippen molar-refractivity contribution < 1.29 is 14.3 Å². The average molecular weight is 493 g/mol. The van der Waals surface area contributed by atoms with Crippen LogP contribution in [0.15, 0.2) is 70.6 Å². The van der Waals surface area contributed by atoms with Crippen molar-refractivity contribution in [1.82, 2.24) is 5.32 Å². The maximum atomic E-state index is 12.5. The van der Waals surface area contributed by atoms with E-state index in [4.69, 9.17) is 21.1 Å². The quantitative estimate of drug-likeness (QED) is 0.367. The molecule has 0 saturated carbocycles. The van der Waals surface area contributed by atoms with E-state index < -0.39 is 0 Å². The van der Waals surface area contributed by atoms with Crippen LogP contribution in [0.25, 0.3) is 6.08 Å². The highest BCUT2D eigenvalue weighted by Crippen LogP contribution is 2.34. The van der Waals surface area contributed by atoms with Crippen molar-refractivity contribution in [2.45, 2.75) is 27.4 Å². The maximum absolute atomic E-state index is 12.5. The van der Waals surface area contributed by atoms with Gasteiger partial charge in [-0.05, 0) is 79.6 Å². The van der Waals surface area contributed by atoms with Crippen LogP contribution in [-0.4, -0.2) is 17.7 Å². The number of rotatable bonds is 7. The predicted molar refractivity (Wildman–Crippen MR) is 140 cm³/mol. The number of ether oxygens (including phenoxy) is 2. The van der Waals surface area contributed by atoms with Gasteiger partial charge >= 0.3 is 0 Å². The first-order valence-corrected chi connectivity index (χ1v) is 12.1. The summed E-state index contributed by atoms with van der Waals surface area (Å²) in [5, 5.41) is 3.98. The fourth-order valence-corrected chi connectivity index (χ4v) is 4.31. The van der Waals surface area contributed by atoms with Crippen molar-refractivity contribution in [3.63, 3.8) is 0 Å². The lowest BCUT2D eigenvalue weighted by atomic mass is 10.1. The van der Waals surface area contributed by atoms with Crippen molar-refractivity contribution >= 4 is 46.2 Å². The van der Waals surface area contributed by atoms with Crippen molar-refractivity contribution in [2.75, 3.05) is 6.61 Å². The second-order valence-corrected chi connectivity index (χ2v) is 9.22. The topological polar surface area (TPSA) is 59.9 Å². The van der Waals surface area contributed by atoms with Crippen LogP contribution < -0.4 is 14.8 Å². The zero-order chi connectivity index (χ0) is 24.1. The largest absolute Gasteiger partial charge is 0.490 e. The lowest BCUT2D eigenvalue weighted by Crippen LogP contribution is -2.19. The fourth-order valence-electron chi connectivity index (χ4n) is 3.31. The molecule has 0 aromatic heterocycles. The first-order valence-electron chi connectivity index (χ1n) is 10.9. The SMILES string of the molecule is CCOc1cc(/C=C2/SC(=Nc3cccc(Cl)c3C)NC2=O)ccc1OCc1ccc(C)cc1. The summed E-state index contributed by atoms with van der Waals surface area (Å²) in [4.78, 5) is 17.6. The third-order valence-corrected chi connectivity index (χ3v) is 6.51. The van der Waals surface area contributed by atoms with Crippen molar-refractivity contribution in [3.8, 4) is 11.5 Å². The monoisotopic (exact) mass is 492 g/mol. The number of nitrogens with one attached hydrogen (secondary N) is 1. The van der Waals surface area contributed by atoms with Crippen molar-refractivity contribution in [3.05, 3.63) is 92.8 Å². The molecule has 1 saturated heterocycles. The van der Waals surface area contributed by atoms with Gasteiger partial charge in [-0.25, -0.2) is 4.99 Å². The first-order chi connectivity index (χ1) is 16.4. The summed E-state index contributed by atoms with van der Waals surface area (Å²) < 4.78 is 11.8. The highest BCUT2D eigenvalue weighted by atomic mass is 35.5. The summed E-state index contributed by atoms with van der Waals surface area (Å²) in [6, 6.07) is 19.4. The van der Waals surface area contributed by atoms with Crippen LogP contribution >= 0.6 is 23.4 Å². The Kier molecular flexibility index (Phi) is 7.60.